The number of benzene rings is 2. The van der Waals surface area contributed by atoms with Crippen molar-refractivity contribution in [2.24, 2.45) is 0 Å². The van der Waals surface area contributed by atoms with Gasteiger partial charge in [0.1, 0.15) is 11.6 Å². The highest BCUT2D eigenvalue weighted by Crippen LogP contribution is 2.37. The van der Waals surface area contributed by atoms with Crippen LogP contribution in [0.1, 0.15) is 78.8 Å². The van der Waals surface area contributed by atoms with E-state index in [4.69, 9.17) is 14.0 Å². The molecule has 234 valence electrons. The molecule has 2 saturated heterocycles. The normalized spacial score (nSPS) is 18.7. The number of rotatable bonds is 6. The van der Waals surface area contributed by atoms with Crippen LogP contribution in [0.15, 0.2) is 50.2 Å². The zero-order valence-electron chi connectivity index (χ0n) is 25.8. The molecule has 0 atom stereocenters. The van der Waals surface area contributed by atoms with Crippen molar-refractivity contribution in [3.63, 3.8) is 0 Å². The lowest BCUT2D eigenvalue weighted by molar-refractivity contribution is 0.211. The molecule has 0 saturated carbocycles. The molecule has 0 unspecified atom stereocenters. The summed E-state index contributed by atoms with van der Waals surface area (Å²) in [4.78, 5) is 22.8. The highest BCUT2D eigenvalue weighted by Gasteiger charge is 2.28. The molecule has 9 nitrogen and oxygen atoms in total. The van der Waals surface area contributed by atoms with E-state index in [0.29, 0.717) is 17.4 Å². The summed E-state index contributed by atoms with van der Waals surface area (Å²) in [5.41, 5.74) is 6.46. The summed E-state index contributed by atoms with van der Waals surface area (Å²) in [7, 11) is 0. The van der Waals surface area contributed by atoms with Crippen LogP contribution in [0.5, 0.6) is 0 Å². The Balaban J connectivity index is 0.881. The number of hydrogen-bond acceptors (Lipinski definition) is 8. The highest BCUT2D eigenvalue weighted by molar-refractivity contribution is 5.84. The van der Waals surface area contributed by atoms with Crippen LogP contribution in [0.2, 0.25) is 0 Å². The van der Waals surface area contributed by atoms with Gasteiger partial charge in [0.2, 0.25) is 0 Å². The van der Waals surface area contributed by atoms with Gasteiger partial charge >= 0.3 is 0 Å². The lowest BCUT2D eigenvalue weighted by Gasteiger charge is -2.33. The Morgan fingerprint density at radius 3 is 2.24 bits per heavy atom. The second kappa shape index (κ2) is 11.7. The van der Waals surface area contributed by atoms with Gasteiger partial charge in [0.05, 0.1) is 11.4 Å². The minimum absolute atomic E-state index is 0.172. The fourth-order valence-corrected chi connectivity index (χ4v) is 7.79. The summed E-state index contributed by atoms with van der Waals surface area (Å²) < 4.78 is 26.8. The number of aromatic nitrogens is 4. The number of anilines is 1. The van der Waals surface area contributed by atoms with Gasteiger partial charge in [-0.1, -0.05) is 10.3 Å². The number of nitrogens with zero attached hydrogens (tertiary/aromatic N) is 6. The van der Waals surface area contributed by atoms with Crippen LogP contribution in [0, 0.1) is 12.7 Å². The van der Waals surface area contributed by atoms with Gasteiger partial charge in [0.25, 0.3) is 5.56 Å². The molecule has 5 aromatic rings. The second-order valence-electron chi connectivity index (χ2n) is 13.1. The van der Waals surface area contributed by atoms with Gasteiger partial charge < -0.3 is 18.8 Å². The van der Waals surface area contributed by atoms with Gasteiger partial charge in [0.15, 0.2) is 11.2 Å². The molecular formula is C35H39FN6O3. The molecule has 0 radical (unpaired) electrons. The first kappa shape index (κ1) is 28.4. The van der Waals surface area contributed by atoms with Crippen LogP contribution >= 0.6 is 0 Å². The Kier molecular flexibility index (Phi) is 7.40. The quantitative estimate of drug-likeness (QED) is 0.227. The van der Waals surface area contributed by atoms with E-state index in [-0.39, 0.29) is 11.4 Å². The Morgan fingerprint density at radius 2 is 1.51 bits per heavy atom. The zero-order valence-corrected chi connectivity index (χ0v) is 25.8. The van der Waals surface area contributed by atoms with E-state index in [1.165, 1.54) is 12.1 Å². The van der Waals surface area contributed by atoms with Crippen LogP contribution in [0.25, 0.3) is 21.9 Å². The molecule has 8 rings (SSSR count). The standard InChI is InChI=1S/C35H39FN6O3/c1-22-27(35(43)42-14-3-2-4-32(42)37-22)13-17-40-15-9-23(10-16-40)33-29-8-6-26(21-31(29)45-39-33)41-18-11-24(12-19-41)34-28-7-5-25(36)20-30(28)44-38-34/h5-8,20-21,23-24H,2-4,9-19H2,1H3. The van der Waals surface area contributed by atoms with Crippen molar-refractivity contribution in [2.45, 2.75) is 76.7 Å². The molecule has 3 aromatic heterocycles. The second-order valence-corrected chi connectivity index (χ2v) is 13.1. The fourth-order valence-electron chi connectivity index (χ4n) is 7.79. The molecule has 10 heteroatoms. The average Bonchev–Trinajstić information content (AvgIpc) is 3.69. The summed E-state index contributed by atoms with van der Waals surface area (Å²) in [5, 5.41) is 10.9. The molecule has 6 heterocycles. The van der Waals surface area contributed by atoms with Crippen LogP contribution in [-0.4, -0.2) is 57.5 Å². The van der Waals surface area contributed by atoms with Gasteiger partial charge in [-0.25, -0.2) is 9.37 Å². The van der Waals surface area contributed by atoms with Crippen molar-refractivity contribution in [2.75, 3.05) is 37.6 Å². The molecule has 0 aliphatic carbocycles. The van der Waals surface area contributed by atoms with E-state index in [9.17, 15) is 9.18 Å². The number of piperidine rings is 2. The predicted molar refractivity (Wildman–Crippen MR) is 170 cm³/mol. The Hall–Kier alpha value is -4.05. The number of aryl methyl sites for hydroxylation is 2. The number of hydrogen-bond donors (Lipinski definition) is 0. The van der Waals surface area contributed by atoms with E-state index < -0.39 is 0 Å². The fraction of sp³-hybridized carbons (Fsp3) is 0.486. The summed E-state index contributed by atoms with van der Waals surface area (Å²) in [6, 6.07) is 11.2. The minimum Gasteiger partial charge on any atom is -0.371 e. The van der Waals surface area contributed by atoms with E-state index in [2.05, 4.69) is 38.3 Å². The van der Waals surface area contributed by atoms with Crippen molar-refractivity contribution < 1.29 is 13.4 Å². The van der Waals surface area contributed by atoms with Crippen molar-refractivity contribution >= 4 is 27.6 Å². The summed E-state index contributed by atoms with van der Waals surface area (Å²) in [6.45, 7) is 7.45. The number of likely N-dealkylation sites (tertiary alicyclic amines) is 1. The number of fused-ring (bicyclic) bond motifs is 3. The van der Waals surface area contributed by atoms with Crippen LogP contribution < -0.4 is 10.5 Å². The zero-order chi connectivity index (χ0) is 30.5. The largest absolute Gasteiger partial charge is 0.371 e. The third-order valence-electron chi connectivity index (χ3n) is 10.4. The highest BCUT2D eigenvalue weighted by atomic mass is 19.1. The van der Waals surface area contributed by atoms with Crippen LogP contribution in [0.4, 0.5) is 10.1 Å². The molecule has 0 N–H and O–H groups in total. The maximum absolute atomic E-state index is 13.6. The van der Waals surface area contributed by atoms with Gasteiger partial charge in [-0.05, 0) is 89.2 Å². The monoisotopic (exact) mass is 610 g/mol. The molecular weight excluding hydrogens is 571 g/mol. The summed E-state index contributed by atoms with van der Waals surface area (Å²) in [6.07, 6.45) is 7.81. The van der Waals surface area contributed by atoms with Crippen LogP contribution in [-0.2, 0) is 19.4 Å². The molecule has 2 aromatic carbocycles. The van der Waals surface area contributed by atoms with Gasteiger partial charge in [-0.3, -0.25) is 9.36 Å². The third kappa shape index (κ3) is 5.32. The first-order valence-electron chi connectivity index (χ1n) is 16.5. The summed E-state index contributed by atoms with van der Waals surface area (Å²) >= 11 is 0. The van der Waals surface area contributed by atoms with Crippen molar-refractivity contribution in [1.29, 1.82) is 0 Å². The topological polar surface area (TPSA) is 93.4 Å². The van der Waals surface area contributed by atoms with E-state index in [0.717, 1.165) is 141 Å². The SMILES string of the molecule is Cc1nc2n(c(=O)c1CCN1CCC(c3noc4cc(N5CCC(c6noc7cc(F)ccc67)CC5)ccc34)CC1)CCCC2. The Labute approximate surface area is 261 Å². The Bertz CT molecular complexity index is 1910. The van der Waals surface area contributed by atoms with E-state index in [1.807, 2.05) is 11.5 Å². The molecule has 0 bridgehead atoms. The maximum Gasteiger partial charge on any atom is 0.256 e. The van der Waals surface area contributed by atoms with E-state index >= 15 is 0 Å². The van der Waals surface area contributed by atoms with Crippen molar-refractivity contribution in [3.8, 4) is 0 Å². The average molecular weight is 611 g/mol. The van der Waals surface area contributed by atoms with Crippen LogP contribution in [0.3, 0.4) is 0 Å². The van der Waals surface area contributed by atoms with Crippen molar-refractivity contribution in [3.05, 3.63) is 81.0 Å². The maximum atomic E-state index is 13.6. The predicted octanol–water partition coefficient (Wildman–Crippen LogP) is 6.12. The molecule has 0 spiro atoms. The first-order valence-corrected chi connectivity index (χ1v) is 16.5. The Morgan fingerprint density at radius 1 is 0.844 bits per heavy atom. The minimum atomic E-state index is -0.306. The van der Waals surface area contributed by atoms with Gasteiger partial charge in [-0.15, -0.1) is 0 Å². The van der Waals surface area contributed by atoms with Crippen molar-refractivity contribution in [1.82, 2.24) is 24.8 Å². The number of halogens is 1. The smallest absolute Gasteiger partial charge is 0.256 e. The first-order chi connectivity index (χ1) is 22.0. The molecule has 3 aliphatic heterocycles. The van der Waals surface area contributed by atoms with Gasteiger partial charge in [0, 0.05) is 84.3 Å². The molecule has 2 fully saturated rings. The molecule has 3 aliphatic rings. The third-order valence-corrected chi connectivity index (χ3v) is 10.4. The van der Waals surface area contributed by atoms with Gasteiger partial charge in [-0.2, -0.15) is 0 Å². The summed E-state index contributed by atoms with van der Waals surface area (Å²) in [5.74, 6) is 1.31. The lowest BCUT2D eigenvalue weighted by Crippen LogP contribution is -2.37. The van der Waals surface area contributed by atoms with E-state index in [1.54, 1.807) is 6.07 Å². The molecule has 45 heavy (non-hydrogen) atoms. The lowest BCUT2D eigenvalue weighted by atomic mass is 9.90. The molecule has 0 amide bonds.